The van der Waals surface area contributed by atoms with Crippen LogP contribution >= 0.6 is 11.6 Å². The number of carbonyl (C=O) groups is 1. The highest BCUT2D eigenvalue weighted by Crippen LogP contribution is 2.17. The number of hydrogen-bond donors (Lipinski definition) is 0. The fourth-order valence-corrected chi connectivity index (χ4v) is 2.25. The van der Waals surface area contributed by atoms with Gasteiger partial charge in [-0.05, 0) is 19.3 Å². The average Bonchev–Trinajstić information content (AvgIpc) is 2.47. The molecule has 0 saturated carbocycles. The lowest BCUT2D eigenvalue weighted by Gasteiger charge is -2.32. The monoisotopic (exact) mass is 295 g/mol. The van der Waals surface area contributed by atoms with Crippen LogP contribution in [0.1, 0.15) is 25.7 Å². The molecular weight excluding hydrogens is 278 g/mol. The van der Waals surface area contributed by atoms with Crippen LogP contribution in [-0.2, 0) is 4.79 Å². The van der Waals surface area contributed by atoms with Gasteiger partial charge in [-0.3, -0.25) is 4.79 Å². The largest absolute Gasteiger partial charge is 0.458 e. The van der Waals surface area contributed by atoms with Gasteiger partial charge in [0.1, 0.15) is 6.10 Å². The van der Waals surface area contributed by atoms with E-state index in [9.17, 15) is 4.79 Å². The van der Waals surface area contributed by atoms with E-state index >= 15 is 0 Å². The van der Waals surface area contributed by atoms with Crippen LogP contribution in [-0.4, -0.2) is 40.0 Å². The Morgan fingerprint density at radius 3 is 3.00 bits per heavy atom. The van der Waals surface area contributed by atoms with Crippen LogP contribution in [0.2, 0.25) is 5.02 Å². The van der Waals surface area contributed by atoms with E-state index in [1.807, 2.05) is 4.90 Å². The molecule has 1 aromatic heterocycles. The van der Waals surface area contributed by atoms with Gasteiger partial charge in [0.15, 0.2) is 0 Å². The first kappa shape index (κ1) is 14.8. The van der Waals surface area contributed by atoms with Crippen molar-refractivity contribution in [1.82, 2.24) is 14.9 Å². The first-order valence-electron chi connectivity index (χ1n) is 6.72. The first-order valence-corrected chi connectivity index (χ1v) is 7.09. The van der Waals surface area contributed by atoms with Gasteiger partial charge in [0.05, 0.1) is 24.0 Å². The minimum atomic E-state index is -0.0578. The summed E-state index contributed by atoms with van der Waals surface area (Å²) in [7, 11) is 0. The summed E-state index contributed by atoms with van der Waals surface area (Å²) >= 11 is 5.73. The van der Waals surface area contributed by atoms with E-state index < -0.39 is 0 Å². The molecule has 1 atom stereocenters. The van der Waals surface area contributed by atoms with Crippen molar-refractivity contribution < 1.29 is 9.53 Å². The van der Waals surface area contributed by atoms with Crippen LogP contribution < -0.4 is 4.74 Å². The summed E-state index contributed by atoms with van der Waals surface area (Å²) < 4.78 is 5.70. The number of nitrogens with zero attached hydrogens (tertiary/aromatic N) is 3. The molecule has 0 aromatic carbocycles. The van der Waals surface area contributed by atoms with Crippen LogP contribution in [0.3, 0.4) is 0 Å². The van der Waals surface area contributed by atoms with Crippen molar-refractivity contribution >= 4 is 17.5 Å². The fraction of sp³-hybridized carbons (Fsp3) is 0.500. The summed E-state index contributed by atoms with van der Waals surface area (Å²) in [6.07, 6.45) is 7.75. The zero-order valence-electron chi connectivity index (χ0n) is 11.3. The molecular formula is C14H18ClN3O2. The number of hydrogen-bond acceptors (Lipinski definition) is 4. The number of aromatic nitrogens is 2. The Morgan fingerprint density at radius 1 is 1.55 bits per heavy atom. The Labute approximate surface area is 123 Å². The van der Waals surface area contributed by atoms with Gasteiger partial charge in [-0.15, -0.1) is 6.58 Å². The maximum absolute atomic E-state index is 12.0. The molecule has 1 amide bonds. The Morgan fingerprint density at radius 2 is 2.30 bits per heavy atom. The van der Waals surface area contributed by atoms with Crippen molar-refractivity contribution in [2.24, 2.45) is 0 Å². The van der Waals surface area contributed by atoms with Crippen molar-refractivity contribution in [3.63, 3.8) is 0 Å². The highest BCUT2D eigenvalue weighted by molar-refractivity contribution is 6.30. The van der Waals surface area contributed by atoms with Crippen molar-refractivity contribution in [2.45, 2.75) is 31.8 Å². The number of carbonyl (C=O) groups excluding carboxylic acids is 1. The normalized spacial score (nSPS) is 18.6. The number of likely N-dealkylation sites (tertiary alicyclic amines) is 1. The maximum Gasteiger partial charge on any atom is 0.316 e. The lowest BCUT2D eigenvalue weighted by Crippen LogP contribution is -2.44. The van der Waals surface area contributed by atoms with Crippen LogP contribution in [0, 0.1) is 0 Å². The zero-order chi connectivity index (χ0) is 14.4. The minimum Gasteiger partial charge on any atom is -0.458 e. The Kier molecular flexibility index (Phi) is 5.35. The highest BCUT2D eigenvalue weighted by Gasteiger charge is 2.24. The molecule has 20 heavy (non-hydrogen) atoms. The van der Waals surface area contributed by atoms with Crippen LogP contribution in [0.15, 0.2) is 25.0 Å². The topological polar surface area (TPSA) is 55.3 Å². The van der Waals surface area contributed by atoms with Gasteiger partial charge < -0.3 is 9.64 Å². The number of rotatable bonds is 5. The molecule has 1 saturated heterocycles. The molecule has 108 valence electrons. The summed E-state index contributed by atoms with van der Waals surface area (Å²) in [6.45, 7) is 5.01. The van der Waals surface area contributed by atoms with E-state index in [1.165, 1.54) is 12.4 Å². The minimum absolute atomic E-state index is 0.0578. The van der Waals surface area contributed by atoms with Gasteiger partial charge in [-0.25, -0.2) is 9.97 Å². The number of allylic oxidation sites excluding steroid dienone is 1. The standard InChI is InChI=1S/C14H18ClN3O2/c1-2-3-6-13(19)18-7-4-5-12(10-18)20-14-16-8-11(15)9-17-14/h2,8-9,12H,1,3-7,10H2. The fourth-order valence-electron chi connectivity index (χ4n) is 2.15. The third-order valence-corrected chi connectivity index (χ3v) is 3.36. The van der Waals surface area contributed by atoms with Gasteiger partial charge in [-0.1, -0.05) is 17.7 Å². The smallest absolute Gasteiger partial charge is 0.316 e. The molecule has 0 aliphatic carbocycles. The summed E-state index contributed by atoms with van der Waals surface area (Å²) in [4.78, 5) is 21.8. The summed E-state index contributed by atoms with van der Waals surface area (Å²) in [6, 6.07) is 0.305. The van der Waals surface area contributed by atoms with Gasteiger partial charge in [0, 0.05) is 13.0 Å². The Balaban J connectivity index is 1.88. The van der Waals surface area contributed by atoms with Gasteiger partial charge in [-0.2, -0.15) is 0 Å². The number of ether oxygens (including phenoxy) is 1. The maximum atomic E-state index is 12.0. The quantitative estimate of drug-likeness (QED) is 0.783. The van der Waals surface area contributed by atoms with E-state index in [4.69, 9.17) is 16.3 Å². The molecule has 2 rings (SSSR count). The molecule has 2 heterocycles. The number of piperidine rings is 1. The molecule has 0 radical (unpaired) electrons. The Hall–Kier alpha value is -1.62. The predicted octanol–water partition coefficient (Wildman–Crippen LogP) is 2.47. The van der Waals surface area contributed by atoms with Crippen LogP contribution in [0.5, 0.6) is 6.01 Å². The molecule has 0 spiro atoms. The van der Waals surface area contributed by atoms with E-state index in [1.54, 1.807) is 6.08 Å². The van der Waals surface area contributed by atoms with E-state index in [-0.39, 0.29) is 12.0 Å². The average molecular weight is 296 g/mol. The number of amides is 1. The van der Waals surface area contributed by atoms with Crippen molar-refractivity contribution in [3.05, 3.63) is 30.1 Å². The van der Waals surface area contributed by atoms with Crippen molar-refractivity contribution in [3.8, 4) is 6.01 Å². The number of halogens is 1. The predicted molar refractivity (Wildman–Crippen MR) is 76.7 cm³/mol. The summed E-state index contributed by atoms with van der Waals surface area (Å²) in [5.74, 6) is 0.148. The third kappa shape index (κ3) is 4.20. The van der Waals surface area contributed by atoms with Crippen molar-refractivity contribution in [2.75, 3.05) is 13.1 Å². The summed E-state index contributed by atoms with van der Waals surface area (Å²) in [5.41, 5.74) is 0. The molecule has 1 aromatic rings. The van der Waals surface area contributed by atoms with E-state index in [0.717, 1.165) is 19.4 Å². The zero-order valence-corrected chi connectivity index (χ0v) is 12.1. The molecule has 1 aliphatic heterocycles. The SMILES string of the molecule is C=CCCC(=O)N1CCCC(Oc2ncc(Cl)cn2)C1. The molecule has 0 N–H and O–H groups in total. The van der Waals surface area contributed by atoms with E-state index in [0.29, 0.717) is 30.4 Å². The highest BCUT2D eigenvalue weighted by atomic mass is 35.5. The second kappa shape index (κ2) is 7.24. The van der Waals surface area contributed by atoms with Gasteiger partial charge >= 0.3 is 6.01 Å². The third-order valence-electron chi connectivity index (χ3n) is 3.16. The molecule has 1 fully saturated rings. The molecule has 1 unspecified atom stereocenters. The first-order chi connectivity index (χ1) is 9.69. The summed E-state index contributed by atoms with van der Waals surface area (Å²) in [5, 5.41) is 0.474. The molecule has 6 heteroatoms. The van der Waals surface area contributed by atoms with Gasteiger partial charge in [0.2, 0.25) is 5.91 Å². The molecule has 0 bridgehead atoms. The van der Waals surface area contributed by atoms with Crippen LogP contribution in [0.25, 0.3) is 0 Å². The van der Waals surface area contributed by atoms with E-state index in [2.05, 4.69) is 16.5 Å². The van der Waals surface area contributed by atoms with Crippen LogP contribution in [0.4, 0.5) is 0 Å². The Bertz CT molecular complexity index is 464. The lowest BCUT2D eigenvalue weighted by molar-refractivity contribution is -0.133. The second-order valence-electron chi connectivity index (χ2n) is 4.73. The second-order valence-corrected chi connectivity index (χ2v) is 5.17. The van der Waals surface area contributed by atoms with Gasteiger partial charge in [0.25, 0.3) is 0 Å². The lowest BCUT2D eigenvalue weighted by atomic mass is 10.1. The molecule has 5 nitrogen and oxygen atoms in total. The van der Waals surface area contributed by atoms with Crippen molar-refractivity contribution in [1.29, 1.82) is 0 Å². The molecule has 1 aliphatic rings.